The summed E-state index contributed by atoms with van der Waals surface area (Å²) in [6.07, 6.45) is -3.60. The molecule has 0 aliphatic carbocycles. The number of aromatic nitrogens is 2. The molecule has 1 aliphatic rings. The Bertz CT molecular complexity index is 1420. The van der Waals surface area contributed by atoms with Crippen molar-refractivity contribution in [2.75, 3.05) is 18.5 Å². The Morgan fingerprint density at radius 1 is 1.11 bits per heavy atom. The number of hydrogen-bond donors (Lipinski definition) is 4. The first-order valence-electron chi connectivity index (χ1n) is 11.1. The minimum Gasteiger partial charge on any atom is -0.378 e. The predicted molar refractivity (Wildman–Crippen MR) is 123 cm³/mol. The number of aromatic amines is 1. The van der Waals surface area contributed by atoms with Gasteiger partial charge in [0.1, 0.15) is 17.2 Å². The van der Waals surface area contributed by atoms with Gasteiger partial charge in [0.15, 0.2) is 0 Å². The molecule has 1 atom stereocenters. The van der Waals surface area contributed by atoms with Crippen molar-refractivity contribution in [2.24, 2.45) is 0 Å². The second-order valence-electron chi connectivity index (χ2n) is 8.47. The van der Waals surface area contributed by atoms with Crippen LogP contribution in [0.25, 0.3) is 0 Å². The number of alkyl halides is 3. The average Bonchev–Trinajstić information content (AvgIpc) is 3.33. The van der Waals surface area contributed by atoms with Crippen molar-refractivity contribution in [3.8, 4) is 0 Å². The van der Waals surface area contributed by atoms with Crippen LogP contribution in [0.5, 0.6) is 0 Å². The number of carbonyl (C=O) groups is 2. The molecule has 3 aromatic rings. The molecular weight excluding hydrogens is 517 g/mol. The highest BCUT2D eigenvalue weighted by Gasteiger charge is 2.44. The van der Waals surface area contributed by atoms with E-state index in [1.54, 1.807) is 0 Å². The number of hydrogen-bond acceptors (Lipinski definition) is 6. The molecule has 1 unspecified atom stereocenters. The van der Waals surface area contributed by atoms with Crippen molar-refractivity contribution < 1.29 is 36.3 Å². The summed E-state index contributed by atoms with van der Waals surface area (Å²) in [6.45, 7) is -0.301. The number of ether oxygens (including phenoxy) is 1. The quantitative estimate of drug-likeness (QED) is 0.344. The van der Waals surface area contributed by atoms with E-state index in [0.29, 0.717) is 6.07 Å². The number of nitrogens with zero attached hydrogens (tertiary/aromatic N) is 1. The number of benzene rings is 2. The van der Waals surface area contributed by atoms with Crippen molar-refractivity contribution >= 4 is 23.2 Å². The monoisotopic (exact) mass is 537 g/mol. The lowest BCUT2D eigenvalue weighted by atomic mass is 9.96. The van der Waals surface area contributed by atoms with Crippen LogP contribution in [-0.2, 0) is 22.3 Å². The van der Waals surface area contributed by atoms with Gasteiger partial charge in [0.25, 0.3) is 11.5 Å². The van der Waals surface area contributed by atoms with E-state index in [0.717, 1.165) is 30.5 Å². The third-order valence-corrected chi connectivity index (χ3v) is 5.79. The summed E-state index contributed by atoms with van der Waals surface area (Å²) in [5.74, 6) is -3.30. The first kappa shape index (κ1) is 26.7. The number of H-pyrrole nitrogens is 1. The molecule has 4 rings (SSSR count). The van der Waals surface area contributed by atoms with E-state index in [9.17, 15) is 36.3 Å². The molecule has 1 saturated heterocycles. The number of nitrogens with one attached hydrogen (secondary N) is 4. The van der Waals surface area contributed by atoms with E-state index in [-0.39, 0.29) is 43.0 Å². The summed E-state index contributed by atoms with van der Waals surface area (Å²) < 4.78 is 73.0. The molecule has 4 N–H and O–H groups in total. The van der Waals surface area contributed by atoms with Gasteiger partial charge in [0.2, 0.25) is 5.91 Å². The maximum Gasteiger partial charge on any atom is 0.418 e. The first-order valence-corrected chi connectivity index (χ1v) is 11.1. The van der Waals surface area contributed by atoms with Crippen molar-refractivity contribution in [3.05, 3.63) is 87.3 Å². The molecule has 0 radical (unpaired) electrons. The van der Waals surface area contributed by atoms with Crippen LogP contribution < -0.4 is 21.5 Å². The predicted octanol–water partition coefficient (Wildman–Crippen LogP) is 3.02. The number of halogens is 5. The number of anilines is 2. The van der Waals surface area contributed by atoms with Gasteiger partial charge in [-0.05, 0) is 30.3 Å². The lowest BCUT2D eigenvalue weighted by molar-refractivity contribution is -0.137. The molecule has 0 spiro atoms. The van der Waals surface area contributed by atoms with E-state index < -0.39 is 52.0 Å². The van der Waals surface area contributed by atoms with Crippen LogP contribution in [-0.4, -0.2) is 40.8 Å². The third-order valence-electron chi connectivity index (χ3n) is 5.79. The fourth-order valence-electron chi connectivity index (χ4n) is 3.82. The standard InChI is InChI=1S/C24H20F5N5O4/c25-15-2-4-19(17(8-15)24(27,28)29)32-16-3-1-13(18(26)9-16)10-30-22(37)23(5-6-38-12-23)33-21(36)14-7-20(35)34-31-11-14/h1-4,7-9,11,32H,5-6,10,12H2,(H,30,37)(H,33,36)(H,34,35). The second-order valence-corrected chi connectivity index (χ2v) is 8.47. The van der Waals surface area contributed by atoms with Crippen molar-refractivity contribution in [3.63, 3.8) is 0 Å². The molecule has 1 fully saturated rings. The SMILES string of the molecule is O=C(NC1(C(=O)NCc2ccc(Nc3ccc(F)cc3C(F)(F)F)cc2F)CCOC1)c1cn[nH]c(=O)c1. The Morgan fingerprint density at radius 3 is 2.55 bits per heavy atom. The molecular formula is C24H20F5N5O4. The second kappa shape index (κ2) is 10.6. The van der Waals surface area contributed by atoms with Gasteiger partial charge in [-0.3, -0.25) is 14.4 Å². The van der Waals surface area contributed by atoms with Gasteiger partial charge in [-0.2, -0.15) is 18.3 Å². The highest BCUT2D eigenvalue weighted by Crippen LogP contribution is 2.36. The van der Waals surface area contributed by atoms with Crippen molar-refractivity contribution in [1.29, 1.82) is 0 Å². The van der Waals surface area contributed by atoms with Crippen LogP contribution >= 0.6 is 0 Å². The fraction of sp³-hybridized carbons (Fsp3) is 0.250. The summed E-state index contributed by atoms with van der Waals surface area (Å²) in [5.41, 5.74) is -3.90. The van der Waals surface area contributed by atoms with E-state index in [2.05, 4.69) is 26.1 Å². The molecule has 38 heavy (non-hydrogen) atoms. The van der Waals surface area contributed by atoms with Crippen LogP contribution in [0.2, 0.25) is 0 Å². The lowest BCUT2D eigenvalue weighted by Gasteiger charge is -2.27. The zero-order chi connectivity index (χ0) is 27.5. The van der Waals surface area contributed by atoms with Crippen molar-refractivity contribution in [1.82, 2.24) is 20.8 Å². The van der Waals surface area contributed by atoms with Crippen LogP contribution in [0.4, 0.5) is 33.3 Å². The Kier molecular flexibility index (Phi) is 7.44. The van der Waals surface area contributed by atoms with Gasteiger partial charge in [-0.25, -0.2) is 13.9 Å². The molecule has 200 valence electrons. The summed E-state index contributed by atoms with van der Waals surface area (Å²) in [7, 11) is 0. The molecule has 1 aromatic heterocycles. The Labute approximate surface area is 211 Å². The van der Waals surface area contributed by atoms with E-state index in [4.69, 9.17) is 4.74 Å². The largest absolute Gasteiger partial charge is 0.418 e. The number of rotatable bonds is 7. The maximum absolute atomic E-state index is 14.7. The van der Waals surface area contributed by atoms with E-state index >= 15 is 0 Å². The average molecular weight is 537 g/mol. The zero-order valence-electron chi connectivity index (χ0n) is 19.4. The highest BCUT2D eigenvalue weighted by molar-refractivity contribution is 5.99. The Morgan fingerprint density at radius 2 is 1.89 bits per heavy atom. The lowest BCUT2D eigenvalue weighted by Crippen LogP contribution is -2.59. The van der Waals surface area contributed by atoms with E-state index in [1.165, 1.54) is 12.1 Å². The smallest absolute Gasteiger partial charge is 0.378 e. The van der Waals surface area contributed by atoms with Crippen LogP contribution in [0.3, 0.4) is 0 Å². The molecule has 0 saturated carbocycles. The maximum atomic E-state index is 14.7. The Balaban J connectivity index is 1.45. The highest BCUT2D eigenvalue weighted by atomic mass is 19.4. The first-order chi connectivity index (χ1) is 18.0. The van der Waals surface area contributed by atoms with Crippen LogP contribution in [0.15, 0.2) is 53.5 Å². The molecule has 2 amide bonds. The third kappa shape index (κ3) is 5.96. The van der Waals surface area contributed by atoms with Gasteiger partial charge < -0.3 is 20.7 Å². The topological polar surface area (TPSA) is 125 Å². The summed E-state index contributed by atoms with van der Waals surface area (Å²) >= 11 is 0. The minimum absolute atomic E-state index is 0.0123. The van der Waals surface area contributed by atoms with Gasteiger partial charge >= 0.3 is 6.18 Å². The molecule has 2 heterocycles. The summed E-state index contributed by atoms with van der Waals surface area (Å²) in [4.78, 5) is 37.0. The summed E-state index contributed by atoms with van der Waals surface area (Å²) in [6, 6.07) is 6.56. The van der Waals surface area contributed by atoms with Gasteiger partial charge in [0.05, 0.1) is 29.6 Å². The summed E-state index contributed by atoms with van der Waals surface area (Å²) in [5, 5.41) is 13.2. The van der Waals surface area contributed by atoms with Gasteiger partial charge in [-0.15, -0.1) is 0 Å². The fourth-order valence-corrected chi connectivity index (χ4v) is 3.82. The van der Waals surface area contributed by atoms with Crippen LogP contribution in [0, 0.1) is 11.6 Å². The van der Waals surface area contributed by atoms with Crippen molar-refractivity contribution in [2.45, 2.75) is 24.7 Å². The molecule has 2 aromatic carbocycles. The minimum atomic E-state index is -4.84. The van der Waals surface area contributed by atoms with E-state index in [1.807, 2.05) is 0 Å². The van der Waals surface area contributed by atoms with Gasteiger partial charge in [0, 0.05) is 36.9 Å². The number of carbonyl (C=O) groups excluding carboxylic acids is 2. The molecule has 14 heteroatoms. The number of amides is 2. The normalized spacial score (nSPS) is 17.2. The Hall–Kier alpha value is -4.33. The van der Waals surface area contributed by atoms with Gasteiger partial charge in [-0.1, -0.05) is 6.07 Å². The molecule has 9 nitrogen and oxygen atoms in total. The zero-order valence-corrected chi connectivity index (χ0v) is 19.4. The van der Waals surface area contributed by atoms with Crippen LogP contribution in [0.1, 0.15) is 27.9 Å². The molecule has 0 bridgehead atoms. The molecule has 1 aliphatic heterocycles.